The standard InChI is InChI=1S/C62H108P6.C2H4N.C2H2N.2Pd/c1-68(61-41-22-8-23-42-61,62-43-24-9-25-44-62)52-64(47-50-67(57-35-18-6-19-36-57)58-37-20-7-21-38-58)60-40-26-39-59(51-60)63(45-48-65(53-27-10-2-11-28-53)54-29-12-3-13-30-54)46-49-66(55-31-14-4-15-32-55)56-33-16-5-17-34-56;2*1-2-3;;/h26,39-40,51,53-58,61-62H,1-25,27-38,41-50,52H2;2H,1H3;1H2;;/q;2*-1;;+2/p+5. The Bertz CT molecular complexity index is 1570. The number of nitrogens with zero attached hydrogens (tertiary/aromatic N) is 2. The van der Waals surface area contributed by atoms with E-state index in [4.69, 9.17) is 17.5 Å². The van der Waals surface area contributed by atoms with Gasteiger partial charge in [-0.3, -0.25) is 5.87 Å². The van der Waals surface area contributed by atoms with E-state index in [0.717, 1.165) is 51.5 Å². The SMILES string of the molecule is C=C=[N-].CC=[N-].[CH2-][P+](C[PH+](CC[PH+](C1CCCCC1)C1CCCCC1)c1cccc([PH+](CC[PH+](C2CCCCC2)C2CCCCC2)CC[PH+](C2CCCCC2)C2CCCCC2)c1)(C1CCCCC1)C1CCCCC1.[Pd+2].[Pd]. The molecule has 438 valence electrons. The van der Waals surface area contributed by atoms with Crippen molar-refractivity contribution in [1.82, 2.24) is 0 Å². The van der Waals surface area contributed by atoms with Crippen molar-refractivity contribution in [3.05, 3.63) is 48.3 Å². The molecule has 0 N–H and O–H groups in total. The number of hydrogen-bond acceptors (Lipinski definition) is 0. The molecule has 8 saturated carbocycles. The zero-order chi connectivity index (χ0) is 51.6. The van der Waals surface area contributed by atoms with E-state index in [1.54, 1.807) is 230 Å². The normalized spacial score (nSPS) is 23.4. The third kappa shape index (κ3) is 21.9. The van der Waals surface area contributed by atoms with Gasteiger partial charge in [0.05, 0.1) is 89.5 Å². The Hall–Kier alpha value is 2.24. The summed E-state index contributed by atoms with van der Waals surface area (Å²) >= 11 is 0. The maximum Gasteiger partial charge on any atom is 2.00 e. The van der Waals surface area contributed by atoms with E-state index >= 15 is 0 Å². The van der Waals surface area contributed by atoms with Crippen molar-refractivity contribution in [3.63, 3.8) is 0 Å². The summed E-state index contributed by atoms with van der Waals surface area (Å²) in [7, 11) is -3.51. The maximum absolute atomic E-state index is 7.44. The summed E-state index contributed by atoms with van der Waals surface area (Å²) in [6, 6.07) is 11.5. The molecule has 8 aliphatic rings. The van der Waals surface area contributed by atoms with Crippen LogP contribution in [0.3, 0.4) is 0 Å². The molecule has 1 aromatic rings. The Kier molecular flexibility index (Phi) is 36.1. The minimum atomic E-state index is -1.30. The van der Waals surface area contributed by atoms with Crippen molar-refractivity contribution >= 4 is 69.6 Å². The average Bonchev–Trinajstić information content (AvgIpc) is 3.47. The van der Waals surface area contributed by atoms with Gasteiger partial charge in [0, 0.05) is 69.5 Å². The summed E-state index contributed by atoms with van der Waals surface area (Å²) in [4.78, 5) is 0. The molecule has 0 amide bonds. The van der Waals surface area contributed by atoms with Crippen LogP contribution in [0.5, 0.6) is 0 Å². The van der Waals surface area contributed by atoms with Gasteiger partial charge in [0.25, 0.3) is 0 Å². The van der Waals surface area contributed by atoms with Gasteiger partial charge in [-0.05, 0) is 218 Å². The van der Waals surface area contributed by atoms with Gasteiger partial charge in [0.15, 0.2) is 0 Å². The summed E-state index contributed by atoms with van der Waals surface area (Å²) in [5, 5.41) is 18.6. The molecular weight excluding hydrogens is 1220 g/mol. The first-order chi connectivity index (χ1) is 36.4. The first-order valence-electron chi connectivity index (χ1n) is 33.1. The molecule has 0 bridgehead atoms. The quantitative estimate of drug-likeness (QED) is 0.0510. The zero-order valence-electron chi connectivity index (χ0n) is 49.1. The van der Waals surface area contributed by atoms with Crippen LogP contribution in [-0.2, 0) is 40.8 Å². The van der Waals surface area contributed by atoms with Crippen molar-refractivity contribution in [3.8, 4) is 0 Å². The van der Waals surface area contributed by atoms with Crippen molar-refractivity contribution < 1.29 is 40.8 Å². The van der Waals surface area contributed by atoms with E-state index in [2.05, 4.69) is 30.8 Å². The van der Waals surface area contributed by atoms with Crippen LogP contribution in [0.15, 0.2) is 30.8 Å². The first kappa shape index (κ1) is 69.0. The van der Waals surface area contributed by atoms with Gasteiger partial charge in [-0.1, -0.05) is 78.2 Å². The molecule has 1 aromatic carbocycles. The van der Waals surface area contributed by atoms with Crippen LogP contribution in [0, 0.1) is 6.66 Å². The van der Waals surface area contributed by atoms with Crippen LogP contribution < -0.4 is 10.6 Å². The molecule has 1 unspecified atom stereocenters. The fourth-order valence-corrected chi connectivity index (χ4v) is 48.5. The van der Waals surface area contributed by atoms with E-state index in [9.17, 15) is 0 Å². The Labute approximate surface area is 506 Å². The second-order valence-electron chi connectivity index (χ2n) is 26.3. The van der Waals surface area contributed by atoms with Crippen LogP contribution in [0.2, 0.25) is 0 Å². The minimum absolute atomic E-state index is 0. The largest absolute Gasteiger partial charge is 2.00 e. The third-order valence-electron chi connectivity index (χ3n) is 21.7. The van der Waals surface area contributed by atoms with E-state index in [-0.39, 0.29) is 64.6 Å². The van der Waals surface area contributed by atoms with Crippen LogP contribution in [0.25, 0.3) is 10.8 Å². The van der Waals surface area contributed by atoms with Crippen LogP contribution in [0.1, 0.15) is 264 Å². The molecule has 9 rings (SSSR count). The second-order valence-corrected chi connectivity index (χ2v) is 46.1. The predicted molar refractivity (Wildman–Crippen MR) is 358 cm³/mol. The molecule has 2 nitrogen and oxygen atoms in total. The van der Waals surface area contributed by atoms with Crippen LogP contribution in [0.4, 0.5) is 0 Å². The summed E-state index contributed by atoms with van der Waals surface area (Å²) in [5.41, 5.74) is 8.92. The van der Waals surface area contributed by atoms with Gasteiger partial charge in [-0.25, -0.2) is 6.21 Å². The second kappa shape index (κ2) is 39.8. The topological polar surface area (TPSA) is 44.6 Å². The molecule has 1 atom stereocenters. The number of hydrogen-bond donors (Lipinski definition) is 0. The van der Waals surface area contributed by atoms with Crippen molar-refractivity contribution in [1.29, 1.82) is 0 Å². The number of rotatable bonds is 21. The van der Waals surface area contributed by atoms with Gasteiger partial charge in [0.2, 0.25) is 0 Å². The molecule has 0 aromatic heterocycles. The summed E-state index contributed by atoms with van der Waals surface area (Å²) < 4.78 is 0. The molecule has 0 spiro atoms. The summed E-state index contributed by atoms with van der Waals surface area (Å²) in [6.07, 6.45) is 73.7. The fourth-order valence-electron chi connectivity index (χ4n) is 17.7. The Morgan fingerprint density at radius 1 is 0.461 bits per heavy atom. The summed E-state index contributed by atoms with van der Waals surface area (Å²) in [6.45, 7) is 10.1. The summed E-state index contributed by atoms with van der Waals surface area (Å²) in [5.74, 6) is 3.13. The van der Waals surface area contributed by atoms with Gasteiger partial charge in [-0.2, -0.15) is 6.66 Å². The monoisotopic (exact) mass is 1340 g/mol. The van der Waals surface area contributed by atoms with Gasteiger partial charge < -0.3 is 10.8 Å². The van der Waals surface area contributed by atoms with Crippen molar-refractivity contribution in [2.45, 2.75) is 309 Å². The molecule has 8 fully saturated rings. The zero-order valence-corrected chi connectivity index (χ0v) is 58.1. The minimum Gasteiger partial charge on any atom is -0.814 e. The predicted octanol–water partition coefficient (Wildman–Crippen LogP) is 20.5. The first-order valence-corrected chi connectivity index (χ1v) is 44.8. The van der Waals surface area contributed by atoms with E-state index < -0.39 is 23.1 Å². The molecule has 0 heterocycles. The molecule has 0 radical (unpaired) electrons. The van der Waals surface area contributed by atoms with E-state index in [1.807, 2.05) is 10.6 Å². The molecular formula is C66H119N2P6Pd2+5. The molecule has 76 heavy (non-hydrogen) atoms. The Balaban J connectivity index is 0.00000127. The Morgan fingerprint density at radius 2 is 0.684 bits per heavy atom. The number of benzene rings is 1. The van der Waals surface area contributed by atoms with Gasteiger partial charge >= 0.3 is 20.4 Å². The van der Waals surface area contributed by atoms with Crippen molar-refractivity contribution in [2.75, 3.05) is 42.9 Å². The van der Waals surface area contributed by atoms with E-state index in [1.165, 1.54) is 82.9 Å². The van der Waals surface area contributed by atoms with Crippen molar-refractivity contribution in [2.24, 2.45) is 0 Å². The molecule has 8 aliphatic carbocycles. The van der Waals surface area contributed by atoms with Crippen LogP contribution in [-0.4, -0.2) is 100 Å². The Morgan fingerprint density at radius 3 is 0.947 bits per heavy atom. The third-order valence-corrected chi connectivity index (χ3v) is 48.1. The van der Waals surface area contributed by atoms with E-state index in [0.29, 0.717) is 0 Å². The smallest absolute Gasteiger partial charge is 0.814 e. The van der Waals surface area contributed by atoms with Crippen LogP contribution >= 0.6 is 46.9 Å². The fraction of sp³-hybridized carbons (Fsp3) is 0.848. The maximum atomic E-state index is 7.44. The molecule has 0 aliphatic heterocycles. The molecule has 0 saturated heterocycles. The molecule has 10 heteroatoms. The van der Waals surface area contributed by atoms with Gasteiger partial charge in [-0.15, -0.1) is 0 Å². The van der Waals surface area contributed by atoms with Gasteiger partial charge in [0.1, 0.15) is 5.90 Å². The average molecular weight is 1340 g/mol.